The van der Waals surface area contributed by atoms with Gasteiger partial charge in [0.25, 0.3) is 0 Å². The van der Waals surface area contributed by atoms with Gasteiger partial charge in [-0.1, -0.05) is 12.8 Å². The van der Waals surface area contributed by atoms with Gasteiger partial charge in [0, 0.05) is 11.4 Å². The number of rotatable bonds is 3. The van der Waals surface area contributed by atoms with E-state index in [1.165, 1.54) is 0 Å². The molecule has 0 radical (unpaired) electrons. The Bertz CT molecular complexity index is 253. The largest absolute Gasteiger partial charge is 0.212 e. The molecule has 1 N–H and O–H groups in total. The maximum atomic E-state index is 11.2. The highest BCUT2D eigenvalue weighted by atomic mass is 35.5. The summed E-state index contributed by atoms with van der Waals surface area (Å²) in [7, 11) is -3.09. The van der Waals surface area contributed by atoms with Crippen LogP contribution in [0.1, 0.15) is 32.6 Å². The van der Waals surface area contributed by atoms with Gasteiger partial charge in [0.15, 0.2) is 0 Å². The van der Waals surface area contributed by atoms with Crippen molar-refractivity contribution < 1.29 is 8.42 Å². The number of hydrogen-bond donors (Lipinski definition) is 1. The summed E-state index contributed by atoms with van der Waals surface area (Å²) in [5.74, 6) is 0.132. The Hall–Kier alpha value is 0.200. The molecule has 0 amide bonds. The molecule has 3 nitrogen and oxygen atoms in total. The van der Waals surface area contributed by atoms with E-state index in [1.54, 1.807) is 6.92 Å². The topological polar surface area (TPSA) is 46.2 Å². The molecule has 1 fully saturated rings. The molecule has 0 bridgehead atoms. The highest BCUT2D eigenvalue weighted by Crippen LogP contribution is 2.23. The van der Waals surface area contributed by atoms with E-state index in [0.717, 1.165) is 25.7 Å². The summed E-state index contributed by atoms with van der Waals surface area (Å²) < 4.78 is 25.1. The third kappa shape index (κ3) is 3.44. The number of halogens is 1. The van der Waals surface area contributed by atoms with Crippen molar-refractivity contribution in [2.24, 2.45) is 0 Å². The number of hydrogen-bond acceptors (Lipinski definition) is 2. The molecule has 0 aromatic rings. The van der Waals surface area contributed by atoms with E-state index in [9.17, 15) is 8.42 Å². The predicted molar refractivity (Wildman–Crippen MR) is 54.5 cm³/mol. The first-order valence-corrected chi connectivity index (χ1v) is 6.78. The van der Waals surface area contributed by atoms with Crippen molar-refractivity contribution >= 4 is 21.6 Å². The lowest BCUT2D eigenvalue weighted by molar-refractivity contribution is 0.418. The first kappa shape index (κ1) is 11.3. The van der Waals surface area contributed by atoms with Gasteiger partial charge in [-0.05, 0) is 19.8 Å². The van der Waals surface area contributed by atoms with E-state index in [0.29, 0.717) is 0 Å². The monoisotopic (exact) mass is 225 g/mol. The van der Waals surface area contributed by atoms with Crippen molar-refractivity contribution in [3.63, 3.8) is 0 Å². The summed E-state index contributed by atoms with van der Waals surface area (Å²) in [6.45, 7) is 1.63. The van der Waals surface area contributed by atoms with Crippen LogP contribution in [0.4, 0.5) is 0 Å². The normalized spacial score (nSPS) is 30.3. The molecule has 0 heterocycles. The van der Waals surface area contributed by atoms with Crippen LogP contribution in [-0.4, -0.2) is 25.6 Å². The Morgan fingerprint density at radius 1 is 1.38 bits per heavy atom. The zero-order valence-electron chi connectivity index (χ0n) is 7.79. The SMILES string of the molecule is CCS(=O)(=O)NC1CCCCC1Cl. The lowest BCUT2D eigenvalue weighted by atomic mass is 9.96. The van der Waals surface area contributed by atoms with Crippen molar-refractivity contribution in [1.29, 1.82) is 0 Å². The summed E-state index contributed by atoms with van der Waals surface area (Å²) in [6.07, 6.45) is 3.96. The molecule has 0 saturated heterocycles. The molecule has 0 aliphatic heterocycles. The molecule has 1 aliphatic carbocycles. The summed E-state index contributed by atoms with van der Waals surface area (Å²) in [5.41, 5.74) is 0. The summed E-state index contributed by atoms with van der Waals surface area (Å²) >= 11 is 6.02. The van der Waals surface area contributed by atoms with Crippen LogP contribution in [0.2, 0.25) is 0 Å². The third-order valence-electron chi connectivity index (χ3n) is 2.39. The van der Waals surface area contributed by atoms with Gasteiger partial charge >= 0.3 is 0 Å². The Morgan fingerprint density at radius 3 is 2.54 bits per heavy atom. The van der Waals surface area contributed by atoms with E-state index in [2.05, 4.69) is 4.72 Å². The second-order valence-electron chi connectivity index (χ2n) is 3.43. The van der Waals surface area contributed by atoms with Crippen LogP contribution in [0.3, 0.4) is 0 Å². The lowest BCUT2D eigenvalue weighted by Gasteiger charge is -2.27. The second kappa shape index (κ2) is 4.62. The molecule has 1 saturated carbocycles. The lowest BCUT2D eigenvalue weighted by Crippen LogP contribution is -2.43. The molecule has 13 heavy (non-hydrogen) atoms. The van der Waals surface area contributed by atoms with Crippen LogP contribution < -0.4 is 4.72 Å². The average molecular weight is 226 g/mol. The number of alkyl halides is 1. The predicted octanol–water partition coefficient (Wildman–Crippen LogP) is 1.48. The van der Waals surface area contributed by atoms with Crippen LogP contribution in [0.5, 0.6) is 0 Å². The first-order chi connectivity index (χ1) is 6.05. The van der Waals surface area contributed by atoms with Gasteiger partial charge in [0.2, 0.25) is 10.0 Å². The molecule has 2 unspecified atom stereocenters. The number of nitrogens with one attached hydrogen (secondary N) is 1. The van der Waals surface area contributed by atoms with Gasteiger partial charge in [-0.2, -0.15) is 0 Å². The Morgan fingerprint density at radius 2 is 2.00 bits per heavy atom. The Labute approximate surface area is 84.9 Å². The van der Waals surface area contributed by atoms with Crippen molar-refractivity contribution in [2.45, 2.75) is 44.0 Å². The maximum Gasteiger partial charge on any atom is 0.211 e. The minimum Gasteiger partial charge on any atom is -0.212 e. The molecule has 0 spiro atoms. The zero-order chi connectivity index (χ0) is 9.90. The van der Waals surface area contributed by atoms with Gasteiger partial charge in [-0.15, -0.1) is 11.6 Å². The van der Waals surface area contributed by atoms with Crippen LogP contribution in [0.15, 0.2) is 0 Å². The summed E-state index contributed by atoms with van der Waals surface area (Å²) in [6, 6.07) is -0.0552. The summed E-state index contributed by atoms with van der Waals surface area (Å²) in [4.78, 5) is 0. The molecule has 2 atom stereocenters. The van der Waals surface area contributed by atoms with Crippen LogP contribution in [0, 0.1) is 0 Å². The molecule has 1 aliphatic rings. The molecular weight excluding hydrogens is 210 g/mol. The molecule has 0 aromatic carbocycles. The average Bonchev–Trinajstić information content (AvgIpc) is 2.09. The van der Waals surface area contributed by atoms with Crippen molar-refractivity contribution in [3.05, 3.63) is 0 Å². The molecule has 0 aromatic heterocycles. The smallest absolute Gasteiger partial charge is 0.211 e. The molecular formula is C8H16ClNO2S. The van der Waals surface area contributed by atoms with Crippen LogP contribution >= 0.6 is 11.6 Å². The second-order valence-corrected chi connectivity index (χ2v) is 6.03. The van der Waals surface area contributed by atoms with E-state index < -0.39 is 10.0 Å². The van der Waals surface area contributed by atoms with Crippen LogP contribution in [-0.2, 0) is 10.0 Å². The quantitative estimate of drug-likeness (QED) is 0.740. The number of sulfonamides is 1. The van der Waals surface area contributed by atoms with Crippen molar-refractivity contribution in [1.82, 2.24) is 4.72 Å². The minimum atomic E-state index is -3.09. The minimum absolute atomic E-state index is 0.0323. The van der Waals surface area contributed by atoms with E-state index >= 15 is 0 Å². The van der Waals surface area contributed by atoms with E-state index in [-0.39, 0.29) is 17.2 Å². The zero-order valence-corrected chi connectivity index (χ0v) is 9.37. The molecule has 1 rings (SSSR count). The molecule has 78 valence electrons. The van der Waals surface area contributed by atoms with Gasteiger partial charge in [-0.3, -0.25) is 0 Å². The standard InChI is InChI=1S/C8H16ClNO2S/c1-2-13(11,12)10-8-6-4-3-5-7(8)9/h7-8,10H,2-6H2,1H3. The highest BCUT2D eigenvalue weighted by Gasteiger charge is 2.26. The fourth-order valence-electron chi connectivity index (χ4n) is 1.53. The highest BCUT2D eigenvalue weighted by molar-refractivity contribution is 7.89. The van der Waals surface area contributed by atoms with Gasteiger partial charge < -0.3 is 0 Å². The maximum absolute atomic E-state index is 11.2. The van der Waals surface area contributed by atoms with Crippen molar-refractivity contribution in [3.8, 4) is 0 Å². The fourth-order valence-corrected chi connectivity index (χ4v) is 2.86. The van der Waals surface area contributed by atoms with Gasteiger partial charge in [0.1, 0.15) is 0 Å². The summed E-state index contributed by atoms with van der Waals surface area (Å²) in [5, 5.41) is -0.0323. The Kier molecular flexibility index (Phi) is 4.01. The van der Waals surface area contributed by atoms with E-state index in [4.69, 9.17) is 11.6 Å². The van der Waals surface area contributed by atoms with Gasteiger partial charge in [0.05, 0.1) is 5.75 Å². The fraction of sp³-hybridized carbons (Fsp3) is 1.00. The van der Waals surface area contributed by atoms with Gasteiger partial charge in [-0.25, -0.2) is 13.1 Å². The third-order valence-corrected chi connectivity index (χ3v) is 4.34. The first-order valence-electron chi connectivity index (χ1n) is 4.69. The molecule has 5 heteroatoms. The van der Waals surface area contributed by atoms with Crippen LogP contribution in [0.25, 0.3) is 0 Å². The Balaban J connectivity index is 2.52. The van der Waals surface area contributed by atoms with Crippen molar-refractivity contribution in [2.75, 3.05) is 5.75 Å². The van der Waals surface area contributed by atoms with E-state index in [1.807, 2.05) is 0 Å².